The van der Waals surface area contributed by atoms with Gasteiger partial charge in [-0.2, -0.15) is 0 Å². The van der Waals surface area contributed by atoms with Gasteiger partial charge in [-0.25, -0.2) is 0 Å². The molecule has 1 saturated heterocycles. The van der Waals surface area contributed by atoms with E-state index in [0.717, 1.165) is 68.2 Å². The van der Waals surface area contributed by atoms with Gasteiger partial charge in [-0.05, 0) is 29.3 Å². The molecule has 6 nitrogen and oxygen atoms in total. The van der Waals surface area contributed by atoms with Crippen molar-refractivity contribution in [3.8, 4) is 5.75 Å². The van der Waals surface area contributed by atoms with Crippen molar-refractivity contribution < 1.29 is 14.1 Å². The fourth-order valence-corrected chi connectivity index (χ4v) is 4.07. The normalized spacial score (nSPS) is 16.9. The second kappa shape index (κ2) is 7.28. The standard InChI is InChI=1S/C22H23N3O3/c26-22(14-19-18-3-1-2-4-21(18)28-23-19)25-10-8-24(9-11-25)15-16-5-6-20-17(13-16)7-12-27-20/h1-6,13H,7-12,14-15H2. The lowest BCUT2D eigenvalue weighted by Crippen LogP contribution is -2.48. The predicted octanol–water partition coefficient (Wildman–Crippen LogP) is 2.65. The Labute approximate surface area is 163 Å². The molecule has 144 valence electrons. The monoisotopic (exact) mass is 377 g/mol. The van der Waals surface area contributed by atoms with Crippen molar-refractivity contribution in [2.45, 2.75) is 19.4 Å². The van der Waals surface area contributed by atoms with E-state index in [-0.39, 0.29) is 5.91 Å². The van der Waals surface area contributed by atoms with Crippen molar-refractivity contribution in [2.24, 2.45) is 0 Å². The van der Waals surface area contributed by atoms with Gasteiger partial charge in [0.2, 0.25) is 5.91 Å². The minimum Gasteiger partial charge on any atom is -0.493 e. The van der Waals surface area contributed by atoms with Gasteiger partial charge in [-0.15, -0.1) is 0 Å². The average Bonchev–Trinajstić information content (AvgIpc) is 3.35. The Morgan fingerprint density at radius 1 is 1.07 bits per heavy atom. The molecule has 0 radical (unpaired) electrons. The zero-order valence-corrected chi connectivity index (χ0v) is 15.8. The number of ether oxygens (including phenoxy) is 1. The van der Waals surface area contributed by atoms with E-state index < -0.39 is 0 Å². The van der Waals surface area contributed by atoms with Crippen LogP contribution in [0.5, 0.6) is 5.75 Å². The van der Waals surface area contributed by atoms with Crippen molar-refractivity contribution in [1.82, 2.24) is 15.0 Å². The van der Waals surface area contributed by atoms with E-state index in [1.54, 1.807) is 0 Å². The highest BCUT2D eigenvalue weighted by molar-refractivity contribution is 5.86. The van der Waals surface area contributed by atoms with E-state index in [1.165, 1.54) is 11.1 Å². The number of aromatic nitrogens is 1. The number of piperazine rings is 1. The Morgan fingerprint density at radius 3 is 2.82 bits per heavy atom. The van der Waals surface area contributed by atoms with Gasteiger partial charge in [0.15, 0.2) is 5.58 Å². The molecule has 2 aliphatic heterocycles. The molecule has 1 amide bonds. The molecule has 2 aromatic carbocycles. The van der Waals surface area contributed by atoms with E-state index in [9.17, 15) is 4.79 Å². The third-order valence-corrected chi connectivity index (χ3v) is 5.66. The van der Waals surface area contributed by atoms with Crippen LogP contribution in [0, 0.1) is 0 Å². The van der Waals surface area contributed by atoms with E-state index in [2.05, 4.69) is 28.3 Å². The molecule has 1 aromatic heterocycles. The number of benzene rings is 2. The minimum absolute atomic E-state index is 0.119. The highest BCUT2D eigenvalue weighted by Crippen LogP contribution is 2.26. The van der Waals surface area contributed by atoms with Crippen LogP contribution in [0.2, 0.25) is 0 Å². The van der Waals surface area contributed by atoms with Crippen LogP contribution in [0.4, 0.5) is 0 Å². The molecule has 2 aliphatic rings. The molecule has 5 rings (SSSR count). The summed E-state index contributed by atoms with van der Waals surface area (Å²) in [5.41, 5.74) is 4.09. The first kappa shape index (κ1) is 17.3. The summed E-state index contributed by atoms with van der Waals surface area (Å²) in [5, 5.41) is 5.01. The van der Waals surface area contributed by atoms with Crippen molar-refractivity contribution in [1.29, 1.82) is 0 Å². The number of hydrogen-bond donors (Lipinski definition) is 0. The largest absolute Gasteiger partial charge is 0.493 e. The summed E-state index contributed by atoms with van der Waals surface area (Å²) in [6.45, 7) is 4.99. The molecular formula is C22H23N3O3. The zero-order valence-electron chi connectivity index (χ0n) is 15.8. The van der Waals surface area contributed by atoms with Gasteiger partial charge in [0, 0.05) is 44.5 Å². The molecule has 3 heterocycles. The van der Waals surface area contributed by atoms with Crippen LogP contribution in [-0.4, -0.2) is 53.6 Å². The van der Waals surface area contributed by atoms with Gasteiger partial charge in [0.25, 0.3) is 0 Å². The first-order valence-electron chi connectivity index (χ1n) is 9.84. The number of carbonyl (C=O) groups excluding carboxylic acids is 1. The lowest BCUT2D eigenvalue weighted by Gasteiger charge is -2.34. The van der Waals surface area contributed by atoms with E-state index in [1.807, 2.05) is 29.2 Å². The zero-order chi connectivity index (χ0) is 18.9. The molecule has 0 aliphatic carbocycles. The van der Waals surface area contributed by atoms with Gasteiger partial charge in [0.05, 0.1) is 13.0 Å². The fourth-order valence-electron chi connectivity index (χ4n) is 4.07. The van der Waals surface area contributed by atoms with Gasteiger partial charge in [-0.1, -0.05) is 29.4 Å². The van der Waals surface area contributed by atoms with Crippen LogP contribution >= 0.6 is 0 Å². The number of rotatable bonds is 4. The summed E-state index contributed by atoms with van der Waals surface area (Å²) in [6.07, 6.45) is 1.30. The van der Waals surface area contributed by atoms with E-state index >= 15 is 0 Å². The summed E-state index contributed by atoms with van der Waals surface area (Å²) in [4.78, 5) is 17.1. The van der Waals surface area contributed by atoms with Crippen LogP contribution in [0.15, 0.2) is 47.0 Å². The Morgan fingerprint density at radius 2 is 1.93 bits per heavy atom. The number of fused-ring (bicyclic) bond motifs is 2. The Kier molecular flexibility index (Phi) is 4.49. The van der Waals surface area contributed by atoms with Gasteiger partial charge >= 0.3 is 0 Å². The number of amides is 1. The third kappa shape index (κ3) is 3.36. The molecule has 0 bridgehead atoms. The second-order valence-electron chi connectivity index (χ2n) is 7.50. The number of nitrogens with zero attached hydrogens (tertiary/aromatic N) is 3. The molecule has 0 saturated carbocycles. The highest BCUT2D eigenvalue weighted by Gasteiger charge is 2.23. The van der Waals surface area contributed by atoms with Crippen LogP contribution in [-0.2, 0) is 24.2 Å². The fraction of sp³-hybridized carbons (Fsp3) is 0.364. The van der Waals surface area contributed by atoms with Gasteiger partial charge in [0.1, 0.15) is 11.4 Å². The topological polar surface area (TPSA) is 58.8 Å². The van der Waals surface area contributed by atoms with Crippen LogP contribution in [0.1, 0.15) is 16.8 Å². The summed E-state index contributed by atoms with van der Waals surface area (Å²) in [6, 6.07) is 14.2. The molecular weight excluding hydrogens is 354 g/mol. The lowest BCUT2D eigenvalue weighted by molar-refractivity contribution is -0.132. The maximum atomic E-state index is 12.7. The second-order valence-corrected chi connectivity index (χ2v) is 7.50. The number of hydrogen-bond acceptors (Lipinski definition) is 5. The van der Waals surface area contributed by atoms with Crippen molar-refractivity contribution in [3.05, 3.63) is 59.3 Å². The third-order valence-electron chi connectivity index (χ3n) is 5.66. The first-order valence-corrected chi connectivity index (χ1v) is 9.84. The van der Waals surface area contributed by atoms with E-state index in [0.29, 0.717) is 6.42 Å². The first-order chi connectivity index (χ1) is 13.8. The molecule has 28 heavy (non-hydrogen) atoms. The van der Waals surface area contributed by atoms with Crippen molar-refractivity contribution in [2.75, 3.05) is 32.8 Å². The van der Waals surface area contributed by atoms with Crippen molar-refractivity contribution >= 4 is 16.9 Å². The van der Waals surface area contributed by atoms with Gasteiger partial charge < -0.3 is 14.2 Å². The summed E-state index contributed by atoms with van der Waals surface area (Å²) in [5.74, 6) is 1.15. The SMILES string of the molecule is O=C(Cc1noc2ccccc12)N1CCN(Cc2ccc3c(c2)CCO3)CC1. The molecule has 0 spiro atoms. The van der Waals surface area contributed by atoms with Gasteiger partial charge in [-0.3, -0.25) is 9.69 Å². The lowest BCUT2D eigenvalue weighted by atomic mass is 10.1. The Bertz CT molecular complexity index is 1010. The summed E-state index contributed by atoms with van der Waals surface area (Å²) >= 11 is 0. The summed E-state index contributed by atoms with van der Waals surface area (Å²) < 4.78 is 10.9. The molecule has 6 heteroatoms. The molecule has 0 N–H and O–H groups in total. The van der Waals surface area contributed by atoms with Crippen LogP contribution < -0.4 is 4.74 Å². The Hall–Kier alpha value is -2.86. The average molecular weight is 377 g/mol. The highest BCUT2D eigenvalue weighted by atomic mass is 16.5. The smallest absolute Gasteiger partial charge is 0.228 e. The minimum atomic E-state index is 0.119. The van der Waals surface area contributed by atoms with Crippen molar-refractivity contribution in [3.63, 3.8) is 0 Å². The molecule has 0 atom stereocenters. The van der Waals surface area contributed by atoms with E-state index in [4.69, 9.17) is 9.26 Å². The quantitative estimate of drug-likeness (QED) is 0.700. The van der Waals surface area contributed by atoms with Crippen LogP contribution in [0.3, 0.4) is 0 Å². The Balaban J connectivity index is 1.17. The number of carbonyl (C=O) groups is 1. The molecule has 1 fully saturated rings. The maximum Gasteiger partial charge on any atom is 0.228 e. The summed E-state index contributed by atoms with van der Waals surface area (Å²) in [7, 11) is 0. The van der Waals surface area contributed by atoms with Crippen LogP contribution in [0.25, 0.3) is 11.0 Å². The molecule has 0 unspecified atom stereocenters. The maximum absolute atomic E-state index is 12.7. The number of para-hydroxylation sites is 1. The molecule has 3 aromatic rings. The predicted molar refractivity (Wildman–Crippen MR) is 105 cm³/mol.